The summed E-state index contributed by atoms with van der Waals surface area (Å²) in [4.78, 5) is 68.4. The molecule has 4 atom stereocenters. The van der Waals surface area contributed by atoms with Crippen molar-refractivity contribution in [1.29, 1.82) is 0 Å². The molecule has 0 bridgehead atoms. The number of likely N-dealkylation sites (tertiary alicyclic amines) is 1. The summed E-state index contributed by atoms with van der Waals surface area (Å²) in [5.74, 6) is -5.27. The van der Waals surface area contributed by atoms with E-state index in [1.807, 2.05) is 65.0 Å². The molecule has 1 heterocycles. The van der Waals surface area contributed by atoms with E-state index in [9.17, 15) is 32.8 Å². The number of ketones is 1. The minimum atomic E-state index is -2.81. The fourth-order valence-corrected chi connectivity index (χ4v) is 7.63. The van der Waals surface area contributed by atoms with E-state index in [4.69, 9.17) is 5.73 Å². The van der Waals surface area contributed by atoms with Crippen LogP contribution < -0.4 is 21.7 Å². The number of halogens is 2. The Hall–Kier alpha value is -3.57. The predicted molar refractivity (Wildman–Crippen MR) is 187 cm³/mol. The number of benzene rings is 1. The van der Waals surface area contributed by atoms with Crippen LogP contribution in [0.25, 0.3) is 0 Å². The molecule has 10 nitrogen and oxygen atoms in total. The van der Waals surface area contributed by atoms with Crippen molar-refractivity contribution in [2.45, 2.75) is 141 Å². The third-order valence-corrected chi connectivity index (χ3v) is 10.9. The fraction of sp³-hybridized carbons (Fsp3) is 0.711. The number of urea groups is 1. The predicted octanol–water partition coefficient (Wildman–Crippen LogP) is 5.27. The van der Waals surface area contributed by atoms with Gasteiger partial charge in [0.05, 0.1) is 6.04 Å². The van der Waals surface area contributed by atoms with Gasteiger partial charge in [0.2, 0.25) is 23.5 Å². The van der Waals surface area contributed by atoms with Crippen LogP contribution in [0.4, 0.5) is 13.6 Å². The summed E-state index contributed by atoms with van der Waals surface area (Å²) in [5, 5.41) is 8.64. The Morgan fingerprint density at radius 1 is 0.940 bits per heavy atom. The van der Waals surface area contributed by atoms with Crippen molar-refractivity contribution in [3.8, 4) is 0 Å². The average molecular weight is 702 g/mol. The topological polar surface area (TPSA) is 151 Å². The second-order valence-corrected chi connectivity index (χ2v) is 16.4. The summed E-state index contributed by atoms with van der Waals surface area (Å²) < 4.78 is 28.6. The molecule has 1 aromatic carbocycles. The summed E-state index contributed by atoms with van der Waals surface area (Å²) in [6.45, 7) is 9.63. The third kappa shape index (κ3) is 10.5. The number of nitrogens with one attached hydrogen (secondary N) is 3. The molecular formula is C38H57F2N5O5. The number of nitrogens with two attached hydrogens (primary N) is 1. The van der Waals surface area contributed by atoms with E-state index in [0.29, 0.717) is 25.2 Å². The van der Waals surface area contributed by atoms with Crippen LogP contribution in [0, 0.1) is 23.2 Å². The quantitative estimate of drug-likeness (QED) is 0.145. The number of hydrogen-bond acceptors (Lipinski definition) is 5. The Bertz CT molecular complexity index is 1370. The van der Waals surface area contributed by atoms with Crippen molar-refractivity contribution in [3.63, 3.8) is 0 Å². The maximum absolute atomic E-state index is 14.4. The fourth-order valence-electron chi connectivity index (χ4n) is 7.63. The Kier molecular flexibility index (Phi) is 12.7. The van der Waals surface area contributed by atoms with Crippen LogP contribution in [0.1, 0.15) is 111 Å². The first-order valence-electron chi connectivity index (χ1n) is 18.4. The number of hydrogen-bond donors (Lipinski definition) is 4. The van der Waals surface area contributed by atoms with Gasteiger partial charge < -0.3 is 26.6 Å². The molecule has 1 saturated heterocycles. The number of rotatable bonds is 15. The van der Waals surface area contributed by atoms with Gasteiger partial charge in [-0.1, -0.05) is 97.1 Å². The first kappa shape index (κ1) is 39.2. The van der Waals surface area contributed by atoms with Crippen LogP contribution in [0.5, 0.6) is 0 Å². The highest BCUT2D eigenvalue weighted by atomic mass is 19.3. The maximum atomic E-state index is 14.4. The zero-order valence-corrected chi connectivity index (χ0v) is 30.4. The maximum Gasteiger partial charge on any atom is 0.315 e. The lowest BCUT2D eigenvalue weighted by atomic mass is 9.76. The molecular weight excluding hydrogens is 644 g/mol. The molecule has 3 aliphatic rings. The van der Waals surface area contributed by atoms with Crippen LogP contribution in [-0.4, -0.2) is 70.6 Å². The van der Waals surface area contributed by atoms with Gasteiger partial charge in [0.25, 0.3) is 5.91 Å². The molecule has 12 heteroatoms. The van der Waals surface area contributed by atoms with Crippen molar-refractivity contribution in [2.24, 2.45) is 28.9 Å². The van der Waals surface area contributed by atoms with Gasteiger partial charge in [-0.15, -0.1) is 0 Å². The van der Waals surface area contributed by atoms with E-state index in [-0.39, 0.29) is 50.5 Å². The van der Waals surface area contributed by atoms with Gasteiger partial charge in [0.15, 0.2) is 0 Å². The van der Waals surface area contributed by atoms with Gasteiger partial charge in [-0.3, -0.25) is 19.2 Å². The first-order chi connectivity index (χ1) is 23.4. The zero-order chi connectivity index (χ0) is 36.9. The minimum Gasteiger partial charge on any atom is -0.363 e. The van der Waals surface area contributed by atoms with E-state index >= 15 is 0 Å². The second-order valence-electron chi connectivity index (χ2n) is 16.4. The highest BCUT2D eigenvalue weighted by molar-refractivity contribution is 6.37. The summed E-state index contributed by atoms with van der Waals surface area (Å²) in [6.07, 6.45) is 5.60. The number of primary amides is 1. The Balaban J connectivity index is 1.52. The Morgan fingerprint density at radius 2 is 1.58 bits per heavy atom. The van der Waals surface area contributed by atoms with Crippen molar-refractivity contribution < 1.29 is 32.8 Å². The normalized spacial score (nSPS) is 22.8. The van der Waals surface area contributed by atoms with E-state index in [1.54, 1.807) is 0 Å². The first-order valence-corrected chi connectivity index (χ1v) is 18.4. The van der Waals surface area contributed by atoms with Gasteiger partial charge in [0.1, 0.15) is 12.1 Å². The van der Waals surface area contributed by atoms with Crippen LogP contribution >= 0.6 is 0 Å². The molecule has 2 saturated carbocycles. The molecule has 1 unspecified atom stereocenters. The molecule has 278 valence electrons. The molecule has 0 aromatic heterocycles. The molecule has 4 rings (SSSR count). The van der Waals surface area contributed by atoms with Gasteiger partial charge in [-0.2, -0.15) is 0 Å². The monoisotopic (exact) mass is 701 g/mol. The van der Waals surface area contributed by atoms with Crippen molar-refractivity contribution in [3.05, 3.63) is 35.9 Å². The van der Waals surface area contributed by atoms with E-state index < -0.39 is 64.5 Å². The number of carbonyl (C=O) groups is 5. The summed E-state index contributed by atoms with van der Waals surface area (Å²) >= 11 is 0. The number of Topliss-reactive ketones (excluding diaryl/α,β-unsaturated/α-hetero) is 1. The van der Waals surface area contributed by atoms with Crippen molar-refractivity contribution >= 4 is 29.5 Å². The van der Waals surface area contributed by atoms with Gasteiger partial charge in [-0.05, 0) is 60.8 Å². The van der Waals surface area contributed by atoms with E-state index in [2.05, 4.69) is 16.0 Å². The molecule has 5 N–H and O–H groups in total. The SMILES string of the molecule is CC(C)[C@H]1CCN(C(=O)[C@@H](NC(=O)NC2(Cc3ccccc3)CCC(F)(F)CC2)C(C)(C)C)[C@@H]1C(=O)NC(CCCCC1CC1)C(=O)C(N)=O. The van der Waals surface area contributed by atoms with E-state index in [1.165, 1.54) is 17.7 Å². The number of nitrogens with zero attached hydrogens (tertiary/aromatic N) is 1. The molecule has 1 aromatic rings. The summed E-state index contributed by atoms with van der Waals surface area (Å²) in [5.41, 5.74) is 4.54. The van der Waals surface area contributed by atoms with Gasteiger partial charge in [-0.25, -0.2) is 13.6 Å². The molecule has 2 aliphatic carbocycles. The Morgan fingerprint density at radius 3 is 2.14 bits per heavy atom. The lowest BCUT2D eigenvalue weighted by Crippen LogP contribution is -2.63. The largest absolute Gasteiger partial charge is 0.363 e. The van der Waals surface area contributed by atoms with E-state index in [0.717, 1.165) is 18.4 Å². The number of amides is 5. The lowest BCUT2D eigenvalue weighted by Gasteiger charge is -2.42. The average Bonchev–Trinajstić information content (AvgIpc) is 3.76. The van der Waals surface area contributed by atoms with Crippen LogP contribution in [0.2, 0.25) is 0 Å². The number of alkyl halides is 2. The lowest BCUT2D eigenvalue weighted by molar-refractivity contribution is -0.144. The van der Waals surface area contributed by atoms with Crippen LogP contribution in [0.3, 0.4) is 0 Å². The highest BCUT2D eigenvalue weighted by Gasteiger charge is 2.49. The summed E-state index contributed by atoms with van der Waals surface area (Å²) in [6, 6.07) is 5.67. The molecule has 3 fully saturated rings. The van der Waals surface area contributed by atoms with Crippen LogP contribution in [-0.2, 0) is 25.6 Å². The molecule has 1 aliphatic heterocycles. The molecule has 50 heavy (non-hydrogen) atoms. The second kappa shape index (κ2) is 16.2. The molecule has 0 spiro atoms. The standard InChI is InChI=1S/C38H57F2N5O5/c1-24(2)27-17-22-45(29(27)33(48)42-28(30(46)32(41)47)14-10-9-11-25-15-16-25)34(49)31(36(3,4)5)43-35(50)44-37(18-20-38(39,40)21-19-37)23-26-12-7-6-8-13-26/h6-8,12-13,24-25,27-29,31H,9-11,14-23H2,1-5H3,(H2,41,47)(H,42,48)(H2,43,44,50)/t27-,28?,29+,31-/m1/s1. The molecule has 5 amide bonds. The number of unbranched alkanes of at least 4 members (excludes halogenated alkanes) is 1. The van der Waals surface area contributed by atoms with Gasteiger partial charge in [0, 0.05) is 24.9 Å². The van der Waals surface area contributed by atoms with Crippen molar-refractivity contribution in [2.75, 3.05) is 6.54 Å². The minimum absolute atomic E-state index is 0.0130. The Labute approximate surface area is 295 Å². The smallest absolute Gasteiger partial charge is 0.315 e. The molecule has 0 radical (unpaired) electrons. The number of carbonyl (C=O) groups excluding carboxylic acids is 5. The van der Waals surface area contributed by atoms with Crippen molar-refractivity contribution in [1.82, 2.24) is 20.9 Å². The summed E-state index contributed by atoms with van der Waals surface area (Å²) in [7, 11) is 0. The van der Waals surface area contributed by atoms with Crippen LogP contribution in [0.15, 0.2) is 30.3 Å². The zero-order valence-electron chi connectivity index (χ0n) is 30.4. The van der Waals surface area contributed by atoms with Gasteiger partial charge >= 0.3 is 6.03 Å². The highest BCUT2D eigenvalue weighted by Crippen LogP contribution is 2.40. The third-order valence-electron chi connectivity index (χ3n) is 10.9.